The number of rotatable bonds is 6. The topological polar surface area (TPSA) is 13.1 Å². The van der Waals surface area contributed by atoms with Gasteiger partial charge < -0.3 is 4.42 Å². The first kappa shape index (κ1) is 15.1. The SMILES string of the molecule is [2H]c1c([2H])c([2H])c(Cc2c3c([2H])c([2H])c([2H])c([2H])c3c(Cc3c([2H])c([2H])c([2H])c(-c4cccc5c4oc4ccc(-c6ccccc6)cc45)c3[2H])c3c([2H])c([2H])c([2H])c([2H])c23)c([2H])c1[2H]. The van der Waals surface area contributed by atoms with Gasteiger partial charge in [0.25, 0.3) is 0 Å². The molecule has 0 aliphatic rings. The number of benzene rings is 8. The number of hydrogen-bond acceptors (Lipinski definition) is 1. The van der Waals surface area contributed by atoms with Crippen molar-refractivity contribution in [1.29, 1.82) is 0 Å². The fourth-order valence-electron chi connectivity index (χ4n) is 6.26. The summed E-state index contributed by atoms with van der Waals surface area (Å²) >= 11 is 0. The van der Waals surface area contributed by atoms with Crippen LogP contribution in [0.15, 0.2) is 174 Å². The van der Waals surface area contributed by atoms with Crippen molar-refractivity contribution in [3.05, 3.63) is 192 Å². The number of hydrogen-bond donors (Lipinski definition) is 0. The molecule has 0 aliphatic heterocycles. The average Bonchev–Trinajstić information content (AvgIpc) is 3.68. The minimum absolute atomic E-state index is 0.0702. The van der Waals surface area contributed by atoms with E-state index in [4.69, 9.17) is 20.9 Å². The molecule has 0 fully saturated rings. The predicted octanol–water partition coefficient (Wildman–Crippen LogP) is 12.4. The fourth-order valence-corrected chi connectivity index (χ4v) is 6.26. The first-order valence-corrected chi connectivity index (χ1v) is 15.0. The smallest absolute Gasteiger partial charge is 0.143 e. The van der Waals surface area contributed by atoms with E-state index in [-0.39, 0.29) is 54.9 Å². The molecule has 1 aromatic heterocycles. The highest BCUT2D eigenvalue weighted by molar-refractivity contribution is 6.11. The molecule has 0 saturated heterocycles. The lowest BCUT2D eigenvalue weighted by Gasteiger charge is -2.17. The van der Waals surface area contributed by atoms with Gasteiger partial charge in [0.2, 0.25) is 0 Å². The molecule has 0 radical (unpaired) electrons. The van der Waals surface area contributed by atoms with Gasteiger partial charge in [-0.05, 0) is 85.5 Å². The summed E-state index contributed by atoms with van der Waals surface area (Å²) in [4.78, 5) is 0. The fraction of sp³-hybridized carbons (Fsp3) is 0.0435. The predicted molar refractivity (Wildman–Crippen MR) is 198 cm³/mol. The van der Waals surface area contributed by atoms with E-state index < -0.39 is 116 Å². The Morgan fingerprint density at radius 3 is 1.79 bits per heavy atom. The molecular weight excluding hydrogens is 569 g/mol. The summed E-state index contributed by atoms with van der Waals surface area (Å²) in [6.45, 7) is 0. The van der Waals surface area contributed by atoms with Crippen molar-refractivity contribution in [2.75, 3.05) is 0 Å². The molecule has 222 valence electrons. The number of furan rings is 1. The summed E-state index contributed by atoms with van der Waals surface area (Å²) in [5, 5.41) is 0.403. The third-order valence-electron chi connectivity index (χ3n) is 8.39. The minimum Gasteiger partial charge on any atom is -0.455 e. The Labute approximate surface area is 298 Å². The normalized spacial score (nSPS) is 16.6. The summed E-state index contributed by atoms with van der Waals surface area (Å²) in [7, 11) is 0. The largest absolute Gasteiger partial charge is 0.455 e. The van der Waals surface area contributed by atoms with E-state index in [1.54, 1.807) is 12.1 Å². The third-order valence-corrected chi connectivity index (χ3v) is 8.39. The maximum Gasteiger partial charge on any atom is 0.143 e. The van der Waals surface area contributed by atoms with E-state index in [2.05, 4.69) is 0 Å². The van der Waals surface area contributed by atoms with Gasteiger partial charge in [-0.2, -0.15) is 0 Å². The average molecular weight is 618 g/mol. The lowest BCUT2D eigenvalue weighted by atomic mass is 9.86. The van der Waals surface area contributed by atoms with Crippen molar-refractivity contribution in [3.8, 4) is 22.3 Å². The van der Waals surface area contributed by atoms with Gasteiger partial charge in [0, 0.05) is 16.3 Å². The van der Waals surface area contributed by atoms with Gasteiger partial charge in [-0.15, -0.1) is 0 Å². The quantitative estimate of drug-likeness (QED) is 0.169. The standard InChI is InChI=1S/C46H32O/c1-3-13-31(14-4-1)28-42-37-19-7-9-21-39(37)43(40-22-10-8-20-38(40)42)29-32-15-11-18-35(27-32)36-23-12-24-41-44-30-34(33-16-5-2-6-17-33)25-26-45(44)47-46(36)41/h1-27,30H,28-29H2/i1D,3D,4D,7D,8D,9D,10D,11D,13D,14D,15D,18D,19D,20D,21D,22D,27D. The molecule has 1 heterocycles. The van der Waals surface area contributed by atoms with E-state index in [9.17, 15) is 6.85 Å². The van der Waals surface area contributed by atoms with Gasteiger partial charge in [0.05, 0.1) is 23.3 Å². The first-order valence-electron chi connectivity index (χ1n) is 23.5. The van der Waals surface area contributed by atoms with Crippen LogP contribution in [0, 0.1) is 0 Å². The molecule has 0 spiro atoms. The summed E-state index contributed by atoms with van der Waals surface area (Å²) in [6, 6.07) is 10.0. The highest BCUT2D eigenvalue weighted by atomic mass is 16.3. The van der Waals surface area contributed by atoms with Gasteiger partial charge in [-0.25, -0.2) is 0 Å². The van der Waals surface area contributed by atoms with E-state index in [1.165, 1.54) is 0 Å². The molecule has 0 saturated carbocycles. The maximum absolute atomic E-state index is 9.66. The van der Waals surface area contributed by atoms with Crippen LogP contribution in [0.1, 0.15) is 45.6 Å². The molecule has 1 heteroatoms. The van der Waals surface area contributed by atoms with Crippen molar-refractivity contribution in [2.24, 2.45) is 0 Å². The maximum atomic E-state index is 9.66. The second kappa shape index (κ2) is 11.5. The van der Waals surface area contributed by atoms with Gasteiger partial charge in [-0.1, -0.05) is 157 Å². The van der Waals surface area contributed by atoms with Crippen LogP contribution >= 0.6 is 0 Å². The van der Waals surface area contributed by atoms with Crippen LogP contribution in [0.2, 0.25) is 0 Å². The van der Waals surface area contributed by atoms with Crippen LogP contribution in [0.4, 0.5) is 0 Å². The lowest BCUT2D eigenvalue weighted by Crippen LogP contribution is -1.98. The zero-order valence-electron chi connectivity index (χ0n) is 41.7. The van der Waals surface area contributed by atoms with Gasteiger partial charge in [-0.3, -0.25) is 0 Å². The van der Waals surface area contributed by atoms with E-state index in [0.717, 1.165) is 16.5 Å². The Bertz CT molecular complexity index is 3420. The van der Waals surface area contributed by atoms with Crippen LogP contribution in [-0.4, -0.2) is 0 Å². The zero-order chi connectivity index (χ0) is 46.0. The van der Waals surface area contributed by atoms with Crippen molar-refractivity contribution in [2.45, 2.75) is 12.8 Å². The number of fused-ring (bicyclic) bond motifs is 5. The van der Waals surface area contributed by atoms with Crippen LogP contribution in [-0.2, 0) is 12.8 Å². The van der Waals surface area contributed by atoms with Crippen LogP contribution < -0.4 is 0 Å². The van der Waals surface area contributed by atoms with Gasteiger partial charge in [0.15, 0.2) is 0 Å². The van der Waals surface area contributed by atoms with Crippen molar-refractivity contribution >= 4 is 43.5 Å². The van der Waals surface area contributed by atoms with E-state index >= 15 is 0 Å². The minimum atomic E-state index is -0.711. The Balaban J connectivity index is 1.36. The molecule has 0 bridgehead atoms. The zero-order valence-corrected chi connectivity index (χ0v) is 24.7. The highest BCUT2D eigenvalue weighted by Gasteiger charge is 2.17. The molecule has 9 rings (SSSR count). The Morgan fingerprint density at radius 2 is 1.09 bits per heavy atom. The molecule has 0 unspecified atom stereocenters. The molecule has 0 amide bonds. The second-order valence-electron chi connectivity index (χ2n) is 11.1. The molecule has 1 nitrogen and oxygen atoms in total. The Kier molecular flexibility index (Phi) is 3.69. The van der Waals surface area contributed by atoms with Crippen LogP contribution in [0.3, 0.4) is 0 Å². The summed E-state index contributed by atoms with van der Waals surface area (Å²) in [6.07, 6.45) is -1.19. The van der Waals surface area contributed by atoms with Crippen molar-refractivity contribution < 1.29 is 27.7 Å². The summed E-state index contributed by atoms with van der Waals surface area (Å²) in [5.74, 6) is 0. The molecule has 0 N–H and O–H groups in total. The van der Waals surface area contributed by atoms with Crippen LogP contribution in [0.5, 0.6) is 0 Å². The summed E-state index contributed by atoms with van der Waals surface area (Å²) < 4.78 is 157. The van der Waals surface area contributed by atoms with Crippen LogP contribution in [0.25, 0.3) is 65.7 Å². The molecule has 47 heavy (non-hydrogen) atoms. The van der Waals surface area contributed by atoms with Crippen molar-refractivity contribution in [3.63, 3.8) is 0 Å². The molecular formula is C46H32O. The molecule has 9 aromatic rings. The van der Waals surface area contributed by atoms with Gasteiger partial charge >= 0.3 is 0 Å². The van der Waals surface area contributed by atoms with Gasteiger partial charge in [0.1, 0.15) is 11.2 Å². The van der Waals surface area contributed by atoms with E-state index in [0.29, 0.717) is 16.6 Å². The monoisotopic (exact) mass is 617 g/mol. The molecule has 0 aliphatic carbocycles. The molecule has 8 aromatic carbocycles. The summed E-state index contributed by atoms with van der Waals surface area (Å²) in [5.41, 5.74) is 2.18. The first-order chi connectivity index (χ1) is 30.4. The van der Waals surface area contributed by atoms with Crippen molar-refractivity contribution in [1.82, 2.24) is 0 Å². The Morgan fingerprint density at radius 1 is 0.447 bits per heavy atom. The third kappa shape index (κ3) is 4.88. The second-order valence-corrected chi connectivity index (χ2v) is 11.1. The lowest BCUT2D eigenvalue weighted by molar-refractivity contribution is 0.670. The molecule has 0 atom stereocenters. The Hall–Kier alpha value is -5.92. The number of para-hydroxylation sites is 1. The highest BCUT2D eigenvalue weighted by Crippen LogP contribution is 2.39. The van der Waals surface area contributed by atoms with E-state index in [1.807, 2.05) is 54.6 Å².